The number of carbonyl (C=O) groups is 2. The molecule has 27 heavy (non-hydrogen) atoms. The zero-order valence-electron chi connectivity index (χ0n) is 15.7. The van der Waals surface area contributed by atoms with Crippen LogP contribution in [0.2, 0.25) is 0 Å². The molecule has 0 radical (unpaired) electrons. The lowest BCUT2D eigenvalue weighted by atomic mass is 10.1. The maximum Gasteiger partial charge on any atom is 0.254 e. The minimum Gasteiger partial charge on any atom is -0.368 e. The number of nitrogens with one attached hydrogen (secondary N) is 2. The molecule has 4 rings (SSSR count). The smallest absolute Gasteiger partial charge is 0.254 e. The van der Waals surface area contributed by atoms with Crippen LogP contribution in [0.4, 0.5) is 5.69 Å². The van der Waals surface area contributed by atoms with Gasteiger partial charge in [-0.1, -0.05) is 6.07 Å². The van der Waals surface area contributed by atoms with Crippen molar-refractivity contribution >= 4 is 17.5 Å². The summed E-state index contributed by atoms with van der Waals surface area (Å²) >= 11 is 0. The van der Waals surface area contributed by atoms with Gasteiger partial charge in [0.05, 0.1) is 17.9 Å². The first-order chi connectivity index (χ1) is 13.0. The van der Waals surface area contributed by atoms with Crippen LogP contribution in [0.3, 0.4) is 0 Å². The van der Waals surface area contributed by atoms with E-state index in [0.717, 1.165) is 42.0 Å². The van der Waals surface area contributed by atoms with Crippen LogP contribution in [0.25, 0.3) is 0 Å². The fourth-order valence-corrected chi connectivity index (χ4v) is 3.68. The van der Waals surface area contributed by atoms with Gasteiger partial charge in [-0.3, -0.25) is 9.59 Å². The summed E-state index contributed by atoms with van der Waals surface area (Å²) in [5, 5.41) is 2.92. The summed E-state index contributed by atoms with van der Waals surface area (Å²) in [4.78, 5) is 34.8. The van der Waals surface area contributed by atoms with Crippen molar-refractivity contribution in [2.75, 3.05) is 18.5 Å². The highest BCUT2D eigenvalue weighted by Gasteiger charge is 2.26. The Hall–Kier alpha value is -2.67. The van der Waals surface area contributed by atoms with E-state index in [9.17, 15) is 9.59 Å². The molecule has 2 aromatic rings. The maximum atomic E-state index is 13.0. The van der Waals surface area contributed by atoms with E-state index in [4.69, 9.17) is 4.74 Å². The normalized spacial score (nSPS) is 19.0. The van der Waals surface area contributed by atoms with Gasteiger partial charge in [0.25, 0.3) is 11.8 Å². The number of imidazole rings is 1. The Balaban J connectivity index is 1.50. The van der Waals surface area contributed by atoms with Crippen molar-refractivity contribution in [2.45, 2.75) is 45.8 Å². The number of benzene rings is 1. The van der Waals surface area contributed by atoms with Crippen molar-refractivity contribution in [3.63, 3.8) is 0 Å². The standard InChI is InChI=1S/C20H24N4O3/c1-12-5-6-14(10-16(12)23-19(25)18-4-3-9-27-18)20(26)24-8-7-15-17(11-24)22-13(2)21-15/h5-6,10,18H,3-4,7-9,11H2,1-2H3,(H,21,22)(H,23,25). The Morgan fingerprint density at radius 1 is 1.33 bits per heavy atom. The largest absolute Gasteiger partial charge is 0.368 e. The van der Waals surface area contributed by atoms with E-state index in [1.165, 1.54) is 0 Å². The maximum absolute atomic E-state index is 13.0. The lowest BCUT2D eigenvalue weighted by molar-refractivity contribution is -0.124. The molecule has 1 aromatic carbocycles. The molecule has 0 spiro atoms. The van der Waals surface area contributed by atoms with E-state index in [1.807, 2.05) is 30.9 Å². The number of anilines is 1. The number of amides is 2. The number of nitrogens with zero attached hydrogens (tertiary/aromatic N) is 2. The highest BCUT2D eigenvalue weighted by atomic mass is 16.5. The molecule has 2 aliphatic rings. The second-order valence-corrected chi connectivity index (χ2v) is 7.24. The lowest BCUT2D eigenvalue weighted by Gasteiger charge is -2.26. The summed E-state index contributed by atoms with van der Waals surface area (Å²) in [6, 6.07) is 5.44. The minimum atomic E-state index is -0.395. The van der Waals surface area contributed by atoms with Gasteiger partial charge in [-0.2, -0.15) is 0 Å². The number of hydrogen-bond acceptors (Lipinski definition) is 4. The number of rotatable bonds is 3. The Labute approximate surface area is 158 Å². The third kappa shape index (κ3) is 3.60. The van der Waals surface area contributed by atoms with Crippen LogP contribution in [0.1, 0.15) is 46.0 Å². The van der Waals surface area contributed by atoms with E-state index in [2.05, 4.69) is 15.3 Å². The van der Waals surface area contributed by atoms with Crippen molar-refractivity contribution in [3.8, 4) is 0 Å². The first-order valence-electron chi connectivity index (χ1n) is 9.38. The van der Waals surface area contributed by atoms with E-state index in [1.54, 1.807) is 6.07 Å². The average Bonchev–Trinajstić information content (AvgIpc) is 3.31. The van der Waals surface area contributed by atoms with Crippen molar-refractivity contribution in [2.24, 2.45) is 0 Å². The Bertz CT molecular complexity index is 883. The summed E-state index contributed by atoms with van der Waals surface area (Å²) in [7, 11) is 0. The first-order valence-corrected chi connectivity index (χ1v) is 9.38. The van der Waals surface area contributed by atoms with Crippen LogP contribution < -0.4 is 5.32 Å². The number of carbonyl (C=O) groups excluding carboxylic acids is 2. The molecule has 1 atom stereocenters. The van der Waals surface area contributed by atoms with Gasteiger partial charge in [-0.25, -0.2) is 4.98 Å². The minimum absolute atomic E-state index is 0.0412. The van der Waals surface area contributed by atoms with Crippen LogP contribution in [0.15, 0.2) is 18.2 Å². The fourth-order valence-electron chi connectivity index (χ4n) is 3.68. The number of ether oxygens (including phenoxy) is 1. The molecule has 0 saturated carbocycles. The number of aryl methyl sites for hydroxylation is 2. The molecule has 2 N–H and O–H groups in total. The van der Waals surface area contributed by atoms with Crippen molar-refractivity contribution in [3.05, 3.63) is 46.5 Å². The Kier molecular flexibility index (Phi) is 4.70. The molecule has 7 nitrogen and oxygen atoms in total. The zero-order valence-corrected chi connectivity index (χ0v) is 15.7. The van der Waals surface area contributed by atoms with Gasteiger partial charge in [0.15, 0.2) is 0 Å². The van der Waals surface area contributed by atoms with Gasteiger partial charge in [0, 0.05) is 30.8 Å². The van der Waals surface area contributed by atoms with E-state index < -0.39 is 6.10 Å². The van der Waals surface area contributed by atoms with Crippen LogP contribution in [-0.2, 0) is 22.5 Å². The quantitative estimate of drug-likeness (QED) is 0.871. The number of hydrogen-bond donors (Lipinski definition) is 2. The molecular weight excluding hydrogens is 344 g/mol. The number of aromatic nitrogens is 2. The predicted octanol–water partition coefficient (Wildman–Crippen LogP) is 2.34. The molecule has 2 aliphatic heterocycles. The SMILES string of the molecule is Cc1nc2c([nH]1)CN(C(=O)c1ccc(C)c(NC(=O)C3CCCO3)c1)CC2. The number of H-pyrrole nitrogens is 1. The van der Waals surface area contributed by atoms with Crippen molar-refractivity contribution in [1.29, 1.82) is 0 Å². The molecule has 1 unspecified atom stereocenters. The van der Waals surface area contributed by atoms with Gasteiger partial charge in [-0.05, 0) is 44.4 Å². The summed E-state index contributed by atoms with van der Waals surface area (Å²) in [5.41, 5.74) is 4.21. The van der Waals surface area contributed by atoms with Crippen molar-refractivity contribution in [1.82, 2.24) is 14.9 Å². The fraction of sp³-hybridized carbons (Fsp3) is 0.450. The zero-order chi connectivity index (χ0) is 19.0. The summed E-state index contributed by atoms with van der Waals surface area (Å²) in [6.45, 7) is 5.63. The summed E-state index contributed by atoms with van der Waals surface area (Å²) < 4.78 is 5.44. The monoisotopic (exact) mass is 368 g/mol. The summed E-state index contributed by atoms with van der Waals surface area (Å²) in [6.07, 6.45) is 2.00. The average molecular weight is 368 g/mol. The molecule has 1 aromatic heterocycles. The second kappa shape index (κ2) is 7.15. The highest BCUT2D eigenvalue weighted by molar-refractivity contribution is 5.99. The highest BCUT2D eigenvalue weighted by Crippen LogP contribution is 2.23. The molecule has 0 aliphatic carbocycles. The van der Waals surface area contributed by atoms with Crippen LogP contribution >= 0.6 is 0 Å². The molecule has 7 heteroatoms. The molecule has 0 bridgehead atoms. The third-order valence-electron chi connectivity index (χ3n) is 5.20. The second-order valence-electron chi connectivity index (χ2n) is 7.24. The molecule has 142 valence electrons. The van der Waals surface area contributed by atoms with E-state index in [0.29, 0.717) is 30.9 Å². The molecule has 3 heterocycles. The number of aromatic amines is 1. The van der Waals surface area contributed by atoms with Crippen LogP contribution in [-0.4, -0.2) is 45.9 Å². The van der Waals surface area contributed by atoms with Crippen LogP contribution in [0, 0.1) is 13.8 Å². The summed E-state index contributed by atoms with van der Waals surface area (Å²) in [5.74, 6) is 0.694. The van der Waals surface area contributed by atoms with Crippen LogP contribution in [0.5, 0.6) is 0 Å². The Morgan fingerprint density at radius 3 is 2.96 bits per heavy atom. The lowest BCUT2D eigenvalue weighted by Crippen LogP contribution is -2.36. The van der Waals surface area contributed by atoms with E-state index in [-0.39, 0.29) is 11.8 Å². The predicted molar refractivity (Wildman–Crippen MR) is 101 cm³/mol. The van der Waals surface area contributed by atoms with Gasteiger partial charge in [0.2, 0.25) is 0 Å². The molecular formula is C20H24N4O3. The number of fused-ring (bicyclic) bond motifs is 1. The Morgan fingerprint density at radius 2 is 2.19 bits per heavy atom. The molecule has 2 amide bonds. The third-order valence-corrected chi connectivity index (χ3v) is 5.20. The van der Waals surface area contributed by atoms with E-state index >= 15 is 0 Å². The van der Waals surface area contributed by atoms with Gasteiger partial charge in [0.1, 0.15) is 11.9 Å². The van der Waals surface area contributed by atoms with Gasteiger partial charge >= 0.3 is 0 Å². The molecule has 1 fully saturated rings. The molecule has 1 saturated heterocycles. The first kappa shape index (κ1) is 17.7. The van der Waals surface area contributed by atoms with Crippen molar-refractivity contribution < 1.29 is 14.3 Å². The van der Waals surface area contributed by atoms with Gasteiger partial charge < -0.3 is 19.9 Å². The topological polar surface area (TPSA) is 87.3 Å². The van der Waals surface area contributed by atoms with Gasteiger partial charge in [-0.15, -0.1) is 0 Å².